The van der Waals surface area contributed by atoms with Crippen LogP contribution in [-0.4, -0.2) is 25.2 Å². The van der Waals surface area contributed by atoms with Gasteiger partial charge in [-0.1, -0.05) is 30.3 Å². The van der Waals surface area contributed by atoms with Crippen molar-refractivity contribution in [2.24, 2.45) is 0 Å². The molecule has 23 heavy (non-hydrogen) atoms. The topological polar surface area (TPSA) is 38.3 Å². The molecule has 1 saturated heterocycles. The average Bonchev–Trinajstić information content (AvgIpc) is 3.13. The van der Waals surface area contributed by atoms with E-state index in [9.17, 15) is 4.79 Å². The number of nitrogens with one attached hydrogen (secondary N) is 1. The molecule has 0 radical (unpaired) electrons. The van der Waals surface area contributed by atoms with Crippen LogP contribution in [0.15, 0.2) is 59.5 Å². The van der Waals surface area contributed by atoms with Gasteiger partial charge in [-0.2, -0.15) is 0 Å². The number of carbonyl (C=O) groups excluding carboxylic acids is 1. The number of amides is 1. The number of carbonyl (C=O) groups is 1. The molecule has 2 aromatic rings. The molecule has 4 heteroatoms. The molecular formula is C19H21NO2S. The number of rotatable bonds is 6. The highest BCUT2D eigenvalue weighted by Crippen LogP contribution is 2.22. The minimum atomic E-state index is -0.0252. The molecule has 1 amide bonds. The van der Waals surface area contributed by atoms with Crippen molar-refractivity contribution in [1.29, 1.82) is 0 Å². The van der Waals surface area contributed by atoms with Crippen molar-refractivity contribution in [2.45, 2.75) is 29.6 Å². The van der Waals surface area contributed by atoms with Crippen molar-refractivity contribution >= 4 is 17.7 Å². The first-order valence-corrected chi connectivity index (χ1v) is 8.96. The minimum Gasteiger partial charge on any atom is -0.376 e. The van der Waals surface area contributed by atoms with Gasteiger partial charge in [-0.3, -0.25) is 4.79 Å². The molecule has 0 unspecified atom stereocenters. The molecule has 1 heterocycles. The largest absolute Gasteiger partial charge is 0.376 e. The summed E-state index contributed by atoms with van der Waals surface area (Å²) >= 11 is 1.80. The molecule has 0 aliphatic carbocycles. The highest BCUT2D eigenvalue weighted by Gasteiger charge is 2.16. The van der Waals surface area contributed by atoms with Crippen LogP contribution in [0.5, 0.6) is 0 Å². The zero-order valence-corrected chi connectivity index (χ0v) is 13.9. The second kappa shape index (κ2) is 8.18. The van der Waals surface area contributed by atoms with Gasteiger partial charge in [0.1, 0.15) is 0 Å². The predicted molar refractivity (Wildman–Crippen MR) is 93.8 cm³/mol. The molecule has 0 saturated carbocycles. The molecular weight excluding hydrogens is 306 g/mol. The van der Waals surface area contributed by atoms with Gasteiger partial charge in [-0.05, 0) is 42.7 Å². The summed E-state index contributed by atoms with van der Waals surface area (Å²) in [6.07, 6.45) is 2.31. The molecule has 0 bridgehead atoms. The van der Waals surface area contributed by atoms with Crippen LogP contribution in [0.2, 0.25) is 0 Å². The maximum absolute atomic E-state index is 12.1. The van der Waals surface area contributed by atoms with E-state index in [0.29, 0.717) is 12.1 Å². The first-order valence-electron chi connectivity index (χ1n) is 7.98. The van der Waals surface area contributed by atoms with Crippen molar-refractivity contribution in [3.63, 3.8) is 0 Å². The normalized spacial score (nSPS) is 17.1. The van der Waals surface area contributed by atoms with Crippen LogP contribution in [0, 0.1) is 0 Å². The molecule has 1 aliphatic rings. The van der Waals surface area contributed by atoms with Gasteiger partial charge in [0, 0.05) is 29.4 Å². The Balaban J connectivity index is 1.49. The second-order valence-corrected chi connectivity index (χ2v) is 6.69. The van der Waals surface area contributed by atoms with Gasteiger partial charge >= 0.3 is 0 Å². The minimum absolute atomic E-state index is 0.0252. The third-order valence-corrected chi connectivity index (χ3v) is 4.96. The van der Waals surface area contributed by atoms with Crippen molar-refractivity contribution in [3.05, 3.63) is 65.7 Å². The van der Waals surface area contributed by atoms with Crippen LogP contribution in [0.1, 0.15) is 28.8 Å². The van der Waals surface area contributed by atoms with Crippen molar-refractivity contribution < 1.29 is 9.53 Å². The molecule has 1 aliphatic heterocycles. The fourth-order valence-corrected chi connectivity index (χ4v) is 3.43. The van der Waals surface area contributed by atoms with Gasteiger partial charge in [0.2, 0.25) is 0 Å². The molecule has 1 N–H and O–H groups in total. The van der Waals surface area contributed by atoms with E-state index in [-0.39, 0.29) is 12.0 Å². The molecule has 3 nitrogen and oxygen atoms in total. The lowest BCUT2D eigenvalue weighted by Crippen LogP contribution is -2.31. The van der Waals surface area contributed by atoms with E-state index < -0.39 is 0 Å². The molecule has 1 atom stereocenters. The van der Waals surface area contributed by atoms with Gasteiger partial charge in [0.05, 0.1) is 6.10 Å². The average molecular weight is 327 g/mol. The lowest BCUT2D eigenvalue weighted by Gasteiger charge is -2.11. The van der Waals surface area contributed by atoms with Crippen LogP contribution in [0.25, 0.3) is 0 Å². The van der Waals surface area contributed by atoms with E-state index >= 15 is 0 Å². The Morgan fingerprint density at radius 2 is 1.91 bits per heavy atom. The van der Waals surface area contributed by atoms with E-state index in [2.05, 4.69) is 17.4 Å². The van der Waals surface area contributed by atoms with E-state index in [4.69, 9.17) is 4.74 Å². The maximum atomic E-state index is 12.1. The van der Waals surface area contributed by atoms with Crippen LogP contribution in [0.3, 0.4) is 0 Å². The number of hydrogen-bond acceptors (Lipinski definition) is 3. The third kappa shape index (κ3) is 4.85. The van der Waals surface area contributed by atoms with Gasteiger partial charge in [0.15, 0.2) is 0 Å². The van der Waals surface area contributed by atoms with Gasteiger partial charge in [-0.15, -0.1) is 11.8 Å². The van der Waals surface area contributed by atoms with E-state index in [1.807, 2.05) is 42.5 Å². The molecule has 1 fully saturated rings. The molecule has 120 valence electrons. The first kappa shape index (κ1) is 16.1. The summed E-state index contributed by atoms with van der Waals surface area (Å²) < 4.78 is 5.51. The molecule has 3 rings (SSSR count). The SMILES string of the molecule is O=C(NC[C@@H]1CCCO1)c1ccc(CSc2ccccc2)cc1. The van der Waals surface area contributed by atoms with Crippen LogP contribution in [-0.2, 0) is 10.5 Å². The summed E-state index contributed by atoms with van der Waals surface area (Å²) in [5.41, 5.74) is 1.92. The summed E-state index contributed by atoms with van der Waals surface area (Å²) in [5.74, 6) is 0.879. The van der Waals surface area contributed by atoms with Crippen molar-refractivity contribution in [2.75, 3.05) is 13.2 Å². The Hall–Kier alpha value is -1.78. The number of benzene rings is 2. The van der Waals surface area contributed by atoms with Crippen molar-refractivity contribution in [1.82, 2.24) is 5.32 Å². The van der Waals surface area contributed by atoms with Gasteiger partial charge in [-0.25, -0.2) is 0 Å². The number of hydrogen-bond donors (Lipinski definition) is 1. The highest BCUT2D eigenvalue weighted by atomic mass is 32.2. The van der Waals surface area contributed by atoms with Gasteiger partial charge in [0.25, 0.3) is 5.91 Å². The quantitative estimate of drug-likeness (QED) is 0.818. The zero-order chi connectivity index (χ0) is 15.9. The smallest absolute Gasteiger partial charge is 0.251 e. The predicted octanol–water partition coefficient (Wildman–Crippen LogP) is 3.89. The van der Waals surface area contributed by atoms with Crippen LogP contribution < -0.4 is 5.32 Å². The number of thioether (sulfide) groups is 1. The monoisotopic (exact) mass is 327 g/mol. The fraction of sp³-hybridized carbons (Fsp3) is 0.316. The summed E-state index contributed by atoms with van der Waals surface area (Å²) in [7, 11) is 0. The lowest BCUT2D eigenvalue weighted by atomic mass is 10.1. The zero-order valence-electron chi connectivity index (χ0n) is 13.0. The Kier molecular flexibility index (Phi) is 5.72. The molecule has 0 aromatic heterocycles. The van der Waals surface area contributed by atoms with E-state index in [1.165, 1.54) is 10.5 Å². The highest BCUT2D eigenvalue weighted by molar-refractivity contribution is 7.98. The summed E-state index contributed by atoms with van der Waals surface area (Å²) in [6.45, 7) is 1.42. The Bertz CT molecular complexity index is 622. The Labute approximate surface area is 141 Å². The second-order valence-electron chi connectivity index (χ2n) is 5.64. The van der Waals surface area contributed by atoms with E-state index in [0.717, 1.165) is 25.2 Å². The van der Waals surface area contributed by atoms with Crippen LogP contribution >= 0.6 is 11.8 Å². The summed E-state index contributed by atoms with van der Waals surface area (Å²) in [5, 5.41) is 2.95. The van der Waals surface area contributed by atoms with Crippen LogP contribution in [0.4, 0.5) is 0 Å². The fourth-order valence-electron chi connectivity index (χ4n) is 2.55. The Morgan fingerprint density at radius 3 is 2.61 bits per heavy atom. The third-order valence-electron chi connectivity index (χ3n) is 3.88. The Morgan fingerprint density at radius 1 is 1.13 bits per heavy atom. The number of ether oxygens (including phenoxy) is 1. The maximum Gasteiger partial charge on any atom is 0.251 e. The van der Waals surface area contributed by atoms with Gasteiger partial charge < -0.3 is 10.1 Å². The molecule has 2 aromatic carbocycles. The van der Waals surface area contributed by atoms with E-state index in [1.54, 1.807) is 11.8 Å². The lowest BCUT2D eigenvalue weighted by molar-refractivity contribution is 0.0858. The summed E-state index contributed by atoms with van der Waals surface area (Å²) in [6, 6.07) is 18.2. The first-order chi connectivity index (χ1) is 11.3. The molecule has 0 spiro atoms. The summed E-state index contributed by atoms with van der Waals surface area (Å²) in [4.78, 5) is 13.4. The standard InChI is InChI=1S/C19H21NO2S/c21-19(20-13-17-5-4-12-22-17)16-10-8-15(9-11-16)14-23-18-6-2-1-3-7-18/h1-3,6-11,17H,4-5,12-14H2,(H,20,21)/t17-/m0/s1. The van der Waals surface area contributed by atoms with Crippen molar-refractivity contribution in [3.8, 4) is 0 Å².